The first-order valence-electron chi connectivity index (χ1n) is 28.7. The van der Waals surface area contributed by atoms with Crippen LogP contribution in [0.25, 0.3) is 0 Å². The predicted octanol–water partition coefficient (Wildman–Crippen LogP) is 17.2. The Labute approximate surface area is 411 Å². The van der Waals surface area contributed by atoms with Crippen molar-refractivity contribution in [1.82, 2.24) is 5.32 Å². The van der Waals surface area contributed by atoms with Crippen molar-refractivity contribution >= 4 is 13.7 Å². The normalized spacial score (nSPS) is 14.1. The zero-order chi connectivity index (χ0) is 48.5. The maximum absolute atomic E-state index is 12.9. The summed E-state index contributed by atoms with van der Waals surface area (Å²) in [6, 6.07) is -0.849. The van der Waals surface area contributed by atoms with Gasteiger partial charge in [0.15, 0.2) is 0 Å². The Morgan fingerprint density at radius 2 is 0.818 bits per heavy atom. The standard InChI is InChI=1S/C57H113N2O6P/c1-6-8-10-12-14-16-18-20-22-23-24-25-26-27-28-29-30-31-32-33-34-35-37-38-40-42-44-46-48-50-56(60)55(54-65-66(62,63)64-53-52-59(3,4)5)58-57(61)51-49-47-45-43-41-39-36-21-19-17-15-13-11-9-7-2/h21,36,48,50,55-56,60H,6-20,22-35,37-47,49,51-54H2,1-5H3,(H-,58,61,62,63)/p+1/b36-21-,50-48+. The topological polar surface area (TPSA) is 105 Å². The van der Waals surface area contributed by atoms with E-state index in [1.807, 2.05) is 27.2 Å². The van der Waals surface area contributed by atoms with Crippen molar-refractivity contribution in [2.24, 2.45) is 0 Å². The molecule has 0 aromatic carbocycles. The number of aliphatic hydroxyl groups excluding tert-OH is 1. The molecule has 0 aromatic rings. The van der Waals surface area contributed by atoms with Gasteiger partial charge in [0.1, 0.15) is 13.2 Å². The molecule has 0 aliphatic rings. The Bertz CT molecular complexity index is 1130. The van der Waals surface area contributed by atoms with Crippen molar-refractivity contribution in [3.63, 3.8) is 0 Å². The number of quaternary nitrogens is 1. The molecule has 3 atom stereocenters. The summed E-state index contributed by atoms with van der Waals surface area (Å²) in [6.07, 6.45) is 61.4. The van der Waals surface area contributed by atoms with Crippen molar-refractivity contribution in [3.05, 3.63) is 24.3 Å². The molecule has 8 nitrogen and oxygen atoms in total. The maximum atomic E-state index is 12.9. The van der Waals surface area contributed by atoms with Crippen LogP contribution in [0, 0.1) is 0 Å². The zero-order valence-electron chi connectivity index (χ0n) is 44.7. The minimum Gasteiger partial charge on any atom is -0.387 e. The Morgan fingerprint density at radius 1 is 0.500 bits per heavy atom. The van der Waals surface area contributed by atoms with Gasteiger partial charge >= 0.3 is 7.82 Å². The highest BCUT2D eigenvalue weighted by Gasteiger charge is 2.27. The quantitative estimate of drug-likeness (QED) is 0.0243. The molecule has 0 rings (SSSR count). The molecule has 0 spiro atoms. The maximum Gasteiger partial charge on any atom is 0.472 e. The molecule has 0 aliphatic carbocycles. The molecular weight excluding hydrogens is 840 g/mol. The number of hydrogen-bond acceptors (Lipinski definition) is 5. The van der Waals surface area contributed by atoms with Crippen LogP contribution in [0.15, 0.2) is 24.3 Å². The third-order valence-corrected chi connectivity index (χ3v) is 14.1. The molecular formula is C57H114N2O6P+. The van der Waals surface area contributed by atoms with Gasteiger partial charge in [-0.25, -0.2) is 4.57 Å². The van der Waals surface area contributed by atoms with E-state index in [4.69, 9.17) is 9.05 Å². The van der Waals surface area contributed by atoms with Crippen molar-refractivity contribution in [2.45, 2.75) is 296 Å². The minimum atomic E-state index is -4.34. The van der Waals surface area contributed by atoms with E-state index in [0.29, 0.717) is 17.4 Å². The molecule has 0 saturated carbocycles. The predicted molar refractivity (Wildman–Crippen MR) is 286 cm³/mol. The van der Waals surface area contributed by atoms with Gasteiger partial charge in [0.2, 0.25) is 5.91 Å². The van der Waals surface area contributed by atoms with E-state index in [2.05, 4.69) is 31.3 Å². The summed E-state index contributed by atoms with van der Waals surface area (Å²) in [5.41, 5.74) is 0. The molecule has 0 bridgehead atoms. The molecule has 0 saturated heterocycles. The van der Waals surface area contributed by atoms with Crippen molar-refractivity contribution in [1.29, 1.82) is 0 Å². The van der Waals surface area contributed by atoms with E-state index >= 15 is 0 Å². The smallest absolute Gasteiger partial charge is 0.387 e. The molecule has 0 aromatic heterocycles. The lowest BCUT2D eigenvalue weighted by Gasteiger charge is -2.25. The lowest BCUT2D eigenvalue weighted by molar-refractivity contribution is -0.870. The van der Waals surface area contributed by atoms with Gasteiger partial charge in [-0.3, -0.25) is 13.8 Å². The van der Waals surface area contributed by atoms with Gasteiger partial charge in [0.05, 0.1) is 39.9 Å². The summed E-state index contributed by atoms with van der Waals surface area (Å²) >= 11 is 0. The summed E-state index contributed by atoms with van der Waals surface area (Å²) < 4.78 is 23.7. The lowest BCUT2D eigenvalue weighted by Crippen LogP contribution is -2.45. The van der Waals surface area contributed by atoms with Gasteiger partial charge < -0.3 is 19.8 Å². The number of allylic oxidation sites excluding steroid dienone is 3. The molecule has 0 heterocycles. The van der Waals surface area contributed by atoms with Crippen LogP contribution in [0.4, 0.5) is 0 Å². The Hall–Kier alpha value is -1.02. The van der Waals surface area contributed by atoms with Crippen LogP contribution in [0.5, 0.6) is 0 Å². The van der Waals surface area contributed by atoms with Gasteiger partial charge in [-0.15, -0.1) is 0 Å². The summed E-state index contributed by atoms with van der Waals surface area (Å²) in [4.78, 5) is 23.2. The van der Waals surface area contributed by atoms with Crippen LogP contribution in [-0.4, -0.2) is 73.4 Å². The van der Waals surface area contributed by atoms with Crippen molar-refractivity contribution in [2.75, 3.05) is 40.9 Å². The number of aliphatic hydroxyl groups is 1. The SMILES string of the molecule is CCCCCCCC/C=C\CCCCCCCC(=O)NC(COP(=O)(O)OCC[N+](C)(C)C)C(O)/C=C/CCCCCCCCCCCCCCCCCCCCCCCCCCCCC. The van der Waals surface area contributed by atoms with Crippen molar-refractivity contribution < 1.29 is 32.9 Å². The summed E-state index contributed by atoms with van der Waals surface area (Å²) in [5.74, 6) is -0.182. The number of rotatable bonds is 53. The van der Waals surface area contributed by atoms with E-state index in [1.54, 1.807) is 6.08 Å². The fourth-order valence-corrected chi connectivity index (χ4v) is 9.36. The first-order valence-corrected chi connectivity index (χ1v) is 30.2. The van der Waals surface area contributed by atoms with E-state index < -0.39 is 20.0 Å². The van der Waals surface area contributed by atoms with Gasteiger partial charge in [-0.1, -0.05) is 256 Å². The molecule has 3 unspecified atom stereocenters. The average Bonchev–Trinajstić information content (AvgIpc) is 3.28. The van der Waals surface area contributed by atoms with Gasteiger partial charge in [0.25, 0.3) is 0 Å². The largest absolute Gasteiger partial charge is 0.472 e. The Kier molecular flexibility index (Phi) is 48.2. The third kappa shape index (κ3) is 50.8. The number of likely N-dealkylation sites (N-methyl/N-ethyl adjacent to an activating group) is 1. The molecule has 1 amide bonds. The molecule has 9 heteroatoms. The Morgan fingerprint density at radius 3 is 1.17 bits per heavy atom. The third-order valence-electron chi connectivity index (χ3n) is 13.2. The van der Waals surface area contributed by atoms with Crippen LogP contribution < -0.4 is 5.32 Å². The van der Waals surface area contributed by atoms with E-state index in [9.17, 15) is 19.4 Å². The van der Waals surface area contributed by atoms with Crippen LogP contribution in [0.2, 0.25) is 0 Å². The highest BCUT2D eigenvalue weighted by atomic mass is 31.2. The number of nitrogens with one attached hydrogen (secondary N) is 1. The molecule has 0 aliphatic heterocycles. The fraction of sp³-hybridized carbons (Fsp3) is 0.912. The summed E-state index contributed by atoms with van der Waals surface area (Å²) in [7, 11) is 1.58. The highest BCUT2D eigenvalue weighted by molar-refractivity contribution is 7.47. The number of phosphoric ester groups is 1. The number of nitrogens with zero attached hydrogens (tertiary/aromatic N) is 1. The lowest BCUT2D eigenvalue weighted by atomic mass is 10.0. The second-order valence-corrected chi connectivity index (χ2v) is 22.5. The fourth-order valence-electron chi connectivity index (χ4n) is 8.63. The number of hydrogen-bond donors (Lipinski definition) is 3. The summed E-state index contributed by atoms with van der Waals surface area (Å²) in [5, 5.41) is 13.9. The highest BCUT2D eigenvalue weighted by Crippen LogP contribution is 2.43. The second-order valence-electron chi connectivity index (χ2n) is 21.0. The number of carbonyl (C=O) groups excluding carboxylic acids is 1. The zero-order valence-corrected chi connectivity index (χ0v) is 45.6. The monoisotopic (exact) mass is 954 g/mol. The molecule has 66 heavy (non-hydrogen) atoms. The Balaban J connectivity index is 4.13. The average molecular weight is 955 g/mol. The van der Waals surface area contributed by atoms with E-state index in [-0.39, 0.29) is 19.1 Å². The second kappa shape index (κ2) is 49.0. The minimum absolute atomic E-state index is 0.0614. The molecule has 0 fully saturated rings. The van der Waals surface area contributed by atoms with Gasteiger partial charge in [-0.05, 0) is 44.9 Å². The van der Waals surface area contributed by atoms with Crippen LogP contribution in [0.3, 0.4) is 0 Å². The van der Waals surface area contributed by atoms with Crippen molar-refractivity contribution in [3.8, 4) is 0 Å². The first kappa shape index (κ1) is 65.0. The van der Waals surface area contributed by atoms with Gasteiger partial charge in [-0.2, -0.15) is 0 Å². The number of carbonyl (C=O) groups is 1. The number of phosphoric acid groups is 1. The van der Waals surface area contributed by atoms with Gasteiger partial charge in [0, 0.05) is 6.42 Å². The first-order chi connectivity index (χ1) is 32.0. The number of unbranched alkanes of at least 4 members (excludes halogenated alkanes) is 38. The number of amides is 1. The van der Waals surface area contributed by atoms with Crippen LogP contribution in [-0.2, 0) is 18.4 Å². The van der Waals surface area contributed by atoms with E-state index in [0.717, 1.165) is 51.4 Å². The molecule has 3 N–H and O–H groups in total. The molecule has 392 valence electrons. The summed E-state index contributed by atoms with van der Waals surface area (Å²) in [6.45, 7) is 4.84. The van der Waals surface area contributed by atoms with E-state index in [1.165, 1.54) is 212 Å². The van der Waals surface area contributed by atoms with Crippen LogP contribution in [0.1, 0.15) is 284 Å². The van der Waals surface area contributed by atoms with Crippen LogP contribution >= 0.6 is 7.82 Å². The molecule has 0 radical (unpaired) electrons.